The molecular formula is C28H28ClN3O4. The minimum absolute atomic E-state index is 0.0507. The second kappa shape index (κ2) is 9.71. The molecule has 1 amide bonds. The third-order valence-electron chi connectivity index (χ3n) is 6.37. The number of amides is 1. The van der Waals surface area contributed by atoms with Crippen LogP contribution in [-0.2, 0) is 14.3 Å². The Bertz CT molecular complexity index is 1370. The topological polar surface area (TPSA) is 114 Å². The van der Waals surface area contributed by atoms with Crippen molar-refractivity contribution in [1.82, 2.24) is 0 Å². The fourth-order valence-corrected chi connectivity index (χ4v) is 4.94. The molecule has 2 aromatic carbocycles. The van der Waals surface area contributed by atoms with E-state index in [0.717, 1.165) is 11.1 Å². The van der Waals surface area contributed by atoms with Crippen molar-refractivity contribution in [2.75, 3.05) is 11.9 Å². The number of nitrogens with two attached hydrogens (primary N) is 1. The number of aryl methyl sites for hydroxylation is 2. The van der Waals surface area contributed by atoms with E-state index in [1.807, 2.05) is 45.9 Å². The van der Waals surface area contributed by atoms with Crippen molar-refractivity contribution in [3.63, 3.8) is 0 Å². The number of Topliss-reactive ketones (excluding diaryl/α,β-unsaturated/α-hetero) is 1. The summed E-state index contributed by atoms with van der Waals surface area (Å²) in [5.41, 5.74) is 9.53. The minimum atomic E-state index is -0.807. The lowest BCUT2D eigenvalue weighted by atomic mass is 9.70. The van der Waals surface area contributed by atoms with Gasteiger partial charge in [0.05, 0.1) is 5.92 Å². The fourth-order valence-electron chi connectivity index (χ4n) is 4.76. The van der Waals surface area contributed by atoms with E-state index < -0.39 is 5.92 Å². The van der Waals surface area contributed by atoms with Gasteiger partial charge in [0.25, 0.3) is 5.91 Å². The molecule has 1 aliphatic carbocycles. The van der Waals surface area contributed by atoms with Crippen LogP contribution in [0.15, 0.2) is 59.2 Å². The van der Waals surface area contributed by atoms with Crippen molar-refractivity contribution in [3.8, 4) is 11.8 Å². The first-order valence-electron chi connectivity index (χ1n) is 11.6. The van der Waals surface area contributed by atoms with Crippen molar-refractivity contribution < 1.29 is 19.1 Å². The lowest BCUT2D eigenvalue weighted by molar-refractivity contribution is -0.119. The normalized spacial score (nSPS) is 18.8. The van der Waals surface area contributed by atoms with Crippen LogP contribution < -0.4 is 15.8 Å². The standard InChI is InChI=1S/C28H28ClN3O4/c1-15-5-7-20(16(2)9-15)32-24(34)14-35-22-8-6-17(29)10-18(22)25-19(13-30)27(31)36-23-12-28(3,4)11-21(33)26(23)25/h5-10,25H,11-12,14,31H2,1-4H3,(H,32,34). The smallest absolute Gasteiger partial charge is 0.262 e. The highest BCUT2D eigenvalue weighted by molar-refractivity contribution is 6.30. The van der Waals surface area contributed by atoms with Gasteiger partial charge in [-0.2, -0.15) is 5.26 Å². The first kappa shape index (κ1) is 25.3. The van der Waals surface area contributed by atoms with Gasteiger partial charge >= 0.3 is 0 Å². The summed E-state index contributed by atoms with van der Waals surface area (Å²) in [4.78, 5) is 25.9. The summed E-state index contributed by atoms with van der Waals surface area (Å²) in [5.74, 6) is -0.544. The largest absolute Gasteiger partial charge is 0.483 e. The highest BCUT2D eigenvalue weighted by Crippen LogP contribution is 2.49. The third-order valence-corrected chi connectivity index (χ3v) is 6.61. The Balaban J connectivity index is 1.67. The lowest BCUT2D eigenvalue weighted by Gasteiger charge is -2.37. The van der Waals surface area contributed by atoms with E-state index in [0.29, 0.717) is 46.2 Å². The Morgan fingerprint density at radius 3 is 2.69 bits per heavy atom. The average Bonchev–Trinajstić information content (AvgIpc) is 2.78. The van der Waals surface area contributed by atoms with Gasteiger partial charge < -0.3 is 20.5 Å². The number of rotatable bonds is 5. The SMILES string of the molecule is Cc1ccc(NC(=O)COc2ccc(Cl)cc2C2C(C#N)=C(N)OC3=C2C(=O)CC(C)(C)C3)c(C)c1. The zero-order valence-corrected chi connectivity index (χ0v) is 21.5. The van der Waals surface area contributed by atoms with E-state index in [1.54, 1.807) is 18.2 Å². The van der Waals surface area contributed by atoms with Crippen LogP contribution in [0.4, 0.5) is 5.69 Å². The molecule has 0 bridgehead atoms. The van der Waals surface area contributed by atoms with E-state index in [9.17, 15) is 14.9 Å². The molecule has 1 atom stereocenters. The van der Waals surface area contributed by atoms with E-state index in [-0.39, 0.29) is 35.2 Å². The van der Waals surface area contributed by atoms with E-state index in [1.165, 1.54) is 0 Å². The van der Waals surface area contributed by atoms with Crippen molar-refractivity contribution in [2.45, 2.75) is 46.5 Å². The molecule has 1 heterocycles. The van der Waals surface area contributed by atoms with Gasteiger partial charge in [-0.1, -0.05) is 43.1 Å². The molecule has 0 fully saturated rings. The number of nitrogens with one attached hydrogen (secondary N) is 1. The van der Waals surface area contributed by atoms with Gasteiger partial charge in [0.2, 0.25) is 5.88 Å². The van der Waals surface area contributed by atoms with Crippen LogP contribution in [0.5, 0.6) is 5.75 Å². The van der Waals surface area contributed by atoms with Crippen LogP contribution in [0.2, 0.25) is 5.02 Å². The molecule has 36 heavy (non-hydrogen) atoms. The maximum absolute atomic E-state index is 13.3. The Morgan fingerprint density at radius 1 is 1.25 bits per heavy atom. The molecule has 0 spiro atoms. The maximum Gasteiger partial charge on any atom is 0.262 e. The molecule has 1 unspecified atom stereocenters. The Morgan fingerprint density at radius 2 is 2.00 bits per heavy atom. The Hall–Kier alpha value is -3.76. The van der Waals surface area contributed by atoms with Crippen LogP contribution in [-0.4, -0.2) is 18.3 Å². The van der Waals surface area contributed by atoms with Gasteiger partial charge in [-0.25, -0.2) is 0 Å². The van der Waals surface area contributed by atoms with Gasteiger partial charge in [0, 0.05) is 34.7 Å². The molecule has 3 N–H and O–H groups in total. The first-order chi connectivity index (χ1) is 17.0. The molecule has 0 saturated carbocycles. The third kappa shape index (κ3) is 5.09. The lowest BCUT2D eigenvalue weighted by Crippen LogP contribution is -2.33. The Labute approximate surface area is 215 Å². The number of halogens is 1. The van der Waals surface area contributed by atoms with Crippen molar-refractivity contribution in [2.24, 2.45) is 11.1 Å². The van der Waals surface area contributed by atoms with Crippen molar-refractivity contribution in [3.05, 3.63) is 80.9 Å². The van der Waals surface area contributed by atoms with Crippen LogP contribution in [0.1, 0.15) is 49.3 Å². The summed E-state index contributed by atoms with van der Waals surface area (Å²) in [7, 11) is 0. The second-order valence-corrected chi connectivity index (χ2v) is 10.5. The van der Waals surface area contributed by atoms with E-state index in [4.69, 9.17) is 26.8 Å². The van der Waals surface area contributed by atoms with Gasteiger partial charge in [-0.3, -0.25) is 9.59 Å². The summed E-state index contributed by atoms with van der Waals surface area (Å²) >= 11 is 6.32. The molecule has 2 aromatic rings. The van der Waals surface area contributed by atoms with Crippen molar-refractivity contribution in [1.29, 1.82) is 5.26 Å². The molecule has 1 aliphatic heterocycles. The van der Waals surface area contributed by atoms with Crippen LogP contribution >= 0.6 is 11.6 Å². The van der Waals surface area contributed by atoms with Crippen LogP contribution in [0, 0.1) is 30.6 Å². The van der Waals surface area contributed by atoms with Crippen LogP contribution in [0.3, 0.4) is 0 Å². The number of nitriles is 1. The van der Waals surface area contributed by atoms with Gasteiger partial charge in [0.1, 0.15) is 23.2 Å². The number of benzene rings is 2. The number of nitrogens with zero attached hydrogens (tertiary/aromatic N) is 1. The number of carbonyl (C=O) groups is 2. The van der Waals surface area contributed by atoms with E-state index >= 15 is 0 Å². The fraction of sp³-hybridized carbons (Fsp3) is 0.321. The van der Waals surface area contributed by atoms with Gasteiger partial charge in [0.15, 0.2) is 12.4 Å². The summed E-state index contributed by atoms with van der Waals surface area (Å²) in [6.45, 7) is 7.58. The number of hydrogen-bond acceptors (Lipinski definition) is 6. The minimum Gasteiger partial charge on any atom is -0.483 e. The molecular weight excluding hydrogens is 478 g/mol. The molecule has 0 saturated heterocycles. The zero-order valence-electron chi connectivity index (χ0n) is 20.7. The maximum atomic E-state index is 13.3. The number of ether oxygens (including phenoxy) is 2. The summed E-state index contributed by atoms with van der Waals surface area (Å²) in [6, 6.07) is 12.7. The average molecular weight is 506 g/mol. The quantitative estimate of drug-likeness (QED) is 0.560. The number of hydrogen-bond donors (Lipinski definition) is 2. The predicted octanol–water partition coefficient (Wildman–Crippen LogP) is 5.43. The second-order valence-electron chi connectivity index (χ2n) is 10.0. The summed E-state index contributed by atoms with van der Waals surface area (Å²) in [5, 5.41) is 13.2. The predicted molar refractivity (Wildman–Crippen MR) is 137 cm³/mol. The van der Waals surface area contributed by atoms with Gasteiger partial charge in [-0.05, 0) is 49.1 Å². The van der Waals surface area contributed by atoms with Gasteiger partial charge in [-0.15, -0.1) is 0 Å². The van der Waals surface area contributed by atoms with Crippen molar-refractivity contribution >= 4 is 29.0 Å². The number of allylic oxidation sites excluding steroid dienone is 3. The molecule has 0 aromatic heterocycles. The summed E-state index contributed by atoms with van der Waals surface area (Å²) < 4.78 is 11.7. The number of carbonyl (C=O) groups excluding carboxylic acids is 2. The number of ketones is 1. The molecule has 186 valence electrons. The number of anilines is 1. The monoisotopic (exact) mass is 505 g/mol. The van der Waals surface area contributed by atoms with Crippen LogP contribution in [0.25, 0.3) is 0 Å². The molecule has 8 heteroatoms. The molecule has 0 radical (unpaired) electrons. The molecule has 2 aliphatic rings. The van der Waals surface area contributed by atoms with E-state index in [2.05, 4.69) is 11.4 Å². The highest BCUT2D eigenvalue weighted by Gasteiger charge is 2.43. The zero-order chi connectivity index (χ0) is 26.2. The first-order valence-corrected chi connectivity index (χ1v) is 12.0. The summed E-state index contributed by atoms with van der Waals surface area (Å²) in [6.07, 6.45) is 0.804. The Kier molecular flexibility index (Phi) is 6.83. The molecule has 7 nitrogen and oxygen atoms in total. The highest BCUT2D eigenvalue weighted by atomic mass is 35.5. The molecule has 4 rings (SSSR count).